The Morgan fingerprint density at radius 1 is 1.53 bits per heavy atom. The third-order valence-electron chi connectivity index (χ3n) is 3.41. The van der Waals surface area contributed by atoms with Crippen LogP contribution in [0, 0.1) is 17.2 Å². The Morgan fingerprint density at radius 3 is 2.88 bits per heavy atom. The fourth-order valence-electron chi connectivity index (χ4n) is 2.27. The fraction of sp³-hybridized carbons (Fsp3) is 0.500. The molecule has 1 N–H and O–H groups in total. The maximum Gasteiger partial charge on any atom is 0.101 e. The Balaban J connectivity index is 1.95. The molecule has 90 valence electrons. The normalized spacial score (nSPS) is 17.0. The average molecular weight is 249 g/mol. The van der Waals surface area contributed by atoms with Gasteiger partial charge in [0, 0.05) is 11.7 Å². The van der Waals surface area contributed by atoms with Crippen molar-refractivity contribution in [3.8, 4) is 6.07 Å². The Bertz CT molecular complexity index is 432. The maximum absolute atomic E-state index is 8.91. The van der Waals surface area contributed by atoms with Crippen molar-refractivity contribution in [2.24, 2.45) is 5.92 Å². The summed E-state index contributed by atoms with van der Waals surface area (Å²) >= 11 is 5.90. The van der Waals surface area contributed by atoms with E-state index in [2.05, 4.69) is 18.3 Å². The highest BCUT2D eigenvalue weighted by Gasteiger charge is 2.19. The molecule has 1 aliphatic carbocycles. The van der Waals surface area contributed by atoms with Gasteiger partial charge in [-0.25, -0.2) is 0 Å². The Kier molecular flexibility index (Phi) is 3.91. The molecule has 1 fully saturated rings. The number of hydrogen-bond donors (Lipinski definition) is 1. The van der Waals surface area contributed by atoms with Gasteiger partial charge in [0.05, 0.1) is 10.6 Å². The Morgan fingerprint density at radius 2 is 2.29 bits per heavy atom. The highest BCUT2D eigenvalue weighted by molar-refractivity contribution is 6.31. The largest absolute Gasteiger partial charge is 0.383 e. The second-order valence-corrected chi connectivity index (χ2v) is 5.29. The molecule has 1 unspecified atom stereocenters. The average Bonchev–Trinajstić information content (AvgIpc) is 2.26. The minimum absolute atomic E-state index is 0.452. The van der Waals surface area contributed by atoms with Crippen LogP contribution in [0.2, 0.25) is 5.02 Å². The summed E-state index contributed by atoms with van der Waals surface area (Å²) in [4.78, 5) is 0. The molecular formula is C14H17ClN2. The first kappa shape index (κ1) is 12.3. The van der Waals surface area contributed by atoms with Gasteiger partial charge in [0.1, 0.15) is 6.07 Å². The van der Waals surface area contributed by atoms with Crippen molar-refractivity contribution < 1.29 is 0 Å². The lowest BCUT2D eigenvalue weighted by Crippen LogP contribution is -2.23. The van der Waals surface area contributed by atoms with E-state index in [0.29, 0.717) is 16.6 Å². The Hall–Kier alpha value is -1.20. The van der Waals surface area contributed by atoms with Crippen molar-refractivity contribution in [1.29, 1.82) is 5.26 Å². The quantitative estimate of drug-likeness (QED) is 0.867. The van der Waals surface area contributed by atoms with Crippen LogP contribution in [0.25, 0.3) is 0 Å². The van der Waals surface area contributed by atoms with Gasteiger partial charge < -0.3 is 5.32 Å². The first-order chi connectivity index (χ1) is 8.19. The Labute approximate surface area is 108 Å². The molecular weight excluding hydrogens is 232 g/mol. The smallest absolute Gasteiger partial charge is 0.101 e. The van der Waals surface area contributed by atoms with E-state index < -0.39 is 0 Å². The number of nitrogens with zero attached hydrogens (tertiary/aromatic N) is 1. The molecule has 1 atom stereocenters. The van der Waals surface area contributed by atoms with Gasteiger partial charge in [-0.1, -0.05) is 30.9 Å². The van der Waals surface area contributed by atoms with Crippen LogP contribution in [-0.4, -0.2) is 6.04 Å². The van der Waals surface area contributed by atoms with Gasteiger partial charge in [-0.2, -0.15) is 5.26 Å². The van der Waals surface area contributed by atoms with Crippen molar-refractivity contribution in [2.75, 3.05) is 5.32 Å². The predicted octanol–water partition coefficient (Wildman–Crippen LogP) is 4.20. The molecule has 0 aromatic heterocycles. The highest BCUT2D eigenvalue weighted by Crippen LogP contribution is 2.31. The van der Waals surface area contributed by atoms with E-state index in [9.17, 15) is 0 Å². The molecule has 0 saturated heterocycles. The first-order valence-corrected chi connectivity index (χ1v) is 6.53. The number of nitriles is 1. The molecule has 1 saturated carbocycles. The molecule has 0 amide bonds. The highest BCUT2D eigenvalue weighted by atomic mass is 35.5. The molecule has 1 aromatic carbocycles. The zero-order valence-electron chi connectivity index (χ0n) is 10.0. The molecule has 1 aliphatic rings. The van der Waals surface area contributed by atoms with Gasteiger partial charge in [0.25, 0.3) is 0 Å². The van der Waals surface area contributed by atoms with Gasteiger partial charge in [-0.05, 0) is 37.5 Å². The molecule has 3 heteroatoms. The lowest BCUT2D eigenvalue weighted by Gasteiger charge is -2.29. The number of rotatable bonds is 4. The number of anilines is 1. The molecule has 2 rings (SSSR count). The monoisotopic (exact) mass is 248 g/mol. The molecule has 0 spiro atoms. The van der Waals surface area contributed by atoms with Crippen molar-refractivity contribution in [3.05, 3.63) is 28.8 Å². The summed E-state index contributed by atoms with van der Waals surface area (Å²) in [6.45, 7) is 2.19. The van der Waals surface area contributed by atoms with Crippen LogP contribution in [0.3, 0.4) is 0 Å². The summed E-state index contributed by atoms with van der Waals surface area (Å²) in [6, 6.07) is 8.08. The second kappa shape index (κ2) is 5.42. The summed E-state index contributed by atoms with van der Waals surface area (Å²) in [7, 11) is 0. The standard InChI is InChI=1S/C14H17ClN2/c1-10(7-11-3-2-4-11)17-13-5-6-14(15)12(8-13)9-16/h5-6,8,10-11,17H,2-4,7H2,1H3. The number of nitrogens with one attached hydrogen (secondary N) is 1. The van der Waals surface area contributed by atoms with Crippen molar-refractivity contribution >= 4 is 17.3 Å². The lowest BCUT2D eigenvalue weighted by molar-refractivity contribution is 0.286. The molecule has 17 heavy (non-hydrogen) atoms. The van der Waals surface area contributed by atoms with E-state index in [1.165, 1.54) is 25.7 Å². The predicted molar refractivity (Wildman–Crippen MR) is 71.2 cm³/mol. The van der Waals surface area contributed by atoms with Gasteiger partial charge >= 0.3 is 0 Å². The van der Waals surface area contributed by atoms with Crippen LogP contribution < -0.4 is 5.32 Å². The van der Waals surface area contributed by atoms with E-state index in [0.717, 1.165) is 11.6 Å². The van der Waals surface area contributed by atoms with Crippen LogP contribution in [-0.2, 0) is 0 Å². The second-order valence-electron chi connectivity index (χ2n) is 4.88. The van der Waals surface area contributed by atoms with E-state index in [4.69, 9.17) is 16.9 Å². The SMILES string of the molecule is CC(CC1CCC1)Nc1ccc(Cl)c(C#N)c1. The molecule has 0 aliphatic heterocycles. The van der Waals surface area contributed by atoms with Gasteiger partial charge in [0.15, 0.2) is 0 Å². The minimum Gasteiger partial charge on any atom is -0.383 e. The summed E-state index contributed by atoms with van der Waals surface area (Å²) in [5.74, 6) is 0.889. The number of halogens is 1. The molecule has 1 aromatic rings. The van der Waals surface area contributed by atoms with E-state index in [-0.39, 0.29) is 0 Å². The first-order valence-electron chi connectivity index (χ1n) is 6.15. The molecule has 2 nitrogen and oxygen atoms in total. The number of hydrogen-bond acceptors (Lipinski definition) is 2. The third-order valence-corrected chi connectivity index (χ3v) is 3.74. The summed E-state index contributed by atoms with van der Waals surface area (Å²) in [5.41, 5.74) is 1.52. The van der Waals surface area contributed by atoms with E-state index >= 15 is 0 Å². The van der Waals surface area contributed by atoms with Crippen molar-refractivity contribution in [3.63, 3.8) is 0 Å². The lowest BCUT2D eigenvalue weighted by atomic mass is 9.81. The van der Waals surface area contributed by atoms with Crippen molar-refractivity contribution in [2.45, 2.75) is 38.6 Å². The molecule has 0 heterocycles. The van der Waals surface area contributed by atoms with E-state index in [1.54, 1.807) is 6.07 Å². The fourth-order valence-corrected chi connectivity index (χ4v) is 2.43. The topological polar surface area (TPSA) is 35.8 Å². The van der Waals surface area contributed by atoms with Crippen LogP contribution in [0.5, 0.6) is 0 Å². The van der Waals surface area contributed by atoms with Gasteiger partial charge in [-0.15, -0.1) is 0 Å². The van der Waals surface area contributed by atoms with Crippen molar-refractivity contribution in [1.82, 2.24) is 0 Å². The van der Waals surface area contributed by atoms with Gasteiger partial charge in [0.2, 0.25) is 0 Å². The third kappa shape index (κ3) is 3.14. The molecule has 0 bridgehead atoms. The van der Waals surface area contributed by atoms with Crippen LogP contribution >= 0.6 is 11.6 Å². The van der Waals surface area contributed by atoms with Gasteiger partial charge in [-0.3, -0.25) is 0 Å². The van der Waals surface area contributed by atoms with Crippen LogP contribution in [0.4, 0.5) is 5.69 Å². The number of benzene rings is 1. The zero-order valence-corrected chi connectivity index (χ0v) is 10.8. The summed E-state index contributed by atoms with van der Waals surface area (Å²) < 4.78 is 0. The zero-order chi connectivity index (χ0) is 12.3. The van der Waals surface area contributed by atoms with Crippen LogP contribution in [0.15, 0.2) is 18.2 Å². The maximum atomic E-state index is 8.91. The minimum atomic E-state index is 0.452. The summed E-state index contributed by atoms with van der Waals surface area (Å²) in [5, 5.41) is 12.9. The molecule has 0 radical (unpaired) electrons. The van der Waals surface area contributed by atoms with Crippen LogP contribution in [0.1, 0.15) is 38.2 Å². The van der Waals surface area contributed by atoms with E-state index in [1.807, 2.05) is 12.1 Å². The summed E-state index contributed by atoms with van der Waals surface area (Å²) in [6.07, 6.45) is 5.34.